The number of aryl methyl sites for hydroxylation is 2. The van der Waals surface area contributed by atoms with E-state index in [1.165, 1.54) is 28.8 Å². The van der Waals surface area contributed by atoms with Crippen molar-refractivity contribution in [2.45, 2.75) is 37.8 Å². The van der Waals surface area contributed by atoms with Gasteiger partial charge in [0, 0.05) is 4.88 Å². The van der Waals surface area contributed by atoms with Crippen LogP contribution in [0.1, 0.15) is 35.8 Å². The molecule has 2 aromatic heterocycles. The highest BCUT2D eigenvalue weighted by molar-refractivity contribution is 7.99. The second kappa shape index (κ2) is 10.1. The van der Waals surface area contributed by atoms with Crippen molar-refractivity contribution in [3.05, 3.63) is 86.8 Å². The Morgan fingerprint density at radius 2 is 1.89 bits per heavy atom. The van der Waals surface area contributed by atoms with Crippen LogP contribution in [0.3, 0.4) is 0 Å². The molecule has 0 unspecified atom stereocenters. The summed E-state index contributed by atoms with van der Waals surface area (Å²) in [4.78, 5) is 33.1. The van der Waals surface area contributed by atoms with Gasteiger partial charge >= 0.3 is 0 Å². The average Bonchev–Trinajstić information content (AvgIpc) is 3.25. The molecule has 1 aliphatic rings. The molecule has 0 bridgehead atoms. The minimum atomic E-state index is -0.331. The van der Waals surface area contributed by atoms with Crippen LogP contribution in [0.2, 0.25) is 0 Å². The monoisotopic (exact) mass is 506 g/mol. The highest BCUT2D eigenvalue weighted by Gasteiger charge is 2.23. The summed E-state index contributed by atoms with van der Waals surface area (Å²) in [6.07, 6.45) is 4.10. The Labute approximate surface area is 209 Å². The Morgan fingerprint density at radius 1 is 1.14 bits per heavy atom. The first kappa shape index (κ1) is 23.4. The molecule has 0 aliphatic heterocycles. The fraction of sp³-hybridized carbons (Fsp3) is 0.231. The molecule has 4 aromatic rings. The van der Waals surface area contributed by atoms with Crippen molar-refractivity contribution >= 4 is 44.9 Å². The molecule has 9 heteroatoms. The Bertz CT molecular complexity index is 1480. The minimum absolute atomic E-state index is 0.0378. The number of amides is 1. The SMILES string of the molecule is C/C(=N/NC(=O)CSc1nc2sc3c(c2c(=O)n1-c1ccccc1)CCCC3)c1ccc(F)cc1. The van der Waals surface area contributed by atoms with Gasteiger partial charge in [-0.05, 0) is 68.0 Å². The highest BCUT2D eigenvalue weighted by atomic mass is 32.2. The standard InChI is InChI=1S/C26H23FN4O2S2/c1-16(17-11-13-18(27)14-12-17)29-30-22(32)15-34-26-28-24-23(20-9-5-6-10-21(20)35-24)25(33)31(26)19-7-3-2-4-8-19/h2-4,7-8,11-14H,5-6,9-10,15H2,1H3,(H,30,32)/b29-16-. The molecular weight excluding hydrogens is 483 g/mol. The van der Waals surface area contributed by atoms with Crippen LogP contribution in [0.4, 0.5) is 4.39 Å². The van der Waals surface area contributed by atoms with E-state index in [4.69, 9.17) is 4.98 Å². The van der Waals surface area contributed by atoms with Crippen molar-refractivity contribution in [2.75, 3.05) is 5.75 Å². The molecule has 1 aliphatic carbocycles. The Balaban J connectivity index is 1.42. The van der Waals surface area contributed by atoms with Gasteiger partial charge in [0.05, 0.1) is 22.5 Å². The molecule has 178 valence electrons. The summed E-state index contributed by atoms with van der Waals surface area (Å²) in [5, 5.41) is 5.31. The first-order valence-electron chi connectivity index (χ1n) is 11.4. The topological polar surface area (TPSA) is 76.3 Å². The zero-order chi connectivity index (χ0) is 24.4. The lowest BCUT2D eigenvalue weighted by Crippen LogP contribution is -2.24. The largest absolute Gasteiger partial charge is 0.272 e. The van der Waals surface area contributed by atoms with Gasteiger partial charge in [0.1, 0.15) is 10.6 Å². The summed E-state index contributed by atoms with van der Waals surface area (Å²) in [6.45, 7) is 1.74. The van der Waals surface area contributed by atoms with Gasteiger partial charge in [-0.15, -0.1) is 11.3 Å². The summed E-state index contributed by atoms with van der Waals surface area (Å²) in [7, 11) is 0. The van der Waals surface area contributed by atoms with E-state index in [9.17, 15) is 14.0 Å². The minimum Gasteiger partial charge on any atom is -0.272 e. The van der Waals surface area contributed by atoms with Crippen molar-refractivity contribution in [3.8, 4) is 5.69 Å². The molecular formula is C26H23FN4O2S2. The van der Waals surface area contributed by atoms with E-state index < -0.39 is 0 Å². The van der Waals surface area contributed by atoms with E-state index in [0.29, 0.717) is 21.8 Å². The molecule has 35 heavy (non-hydrogen) atoms. The van der Waals surface area contributed by atoms with Gasteiger partial charge in [-0.3, -0.25) is 14.2 Å². The van der Waals surface area contributed by atoms with Crippen molar-refractivity contribution in [2.24, 2.45) is 5.10 Å². The van der Waals surface area contributed by atoms with Gasteiger partial charge < -0.3 is 0 Å². The van der Waals surface area contributed by atoms with Crippen LogP contribution in [0, 0.1) is 5.82 Å². The molecule has 0 fully saturated rings. The first-order chi connectivity index (χ1) is 17.0. The second-order valence-corrected chi connectivity index (χ2v) is 10.3. The number of carbonyl (C=O) groups is 1. The lowest BCUT2D eigenvalue weighted by Gasteiger charge is -2.13. The number of hydrogen-bond acceptors (Lipinski definition) is 6. The third-order valence-electron chi connectivity index (χ3n) is 5.92. The summed E-state index contributed by atoms with van der Waals surface area (Å²) in [6, 6.07) is 15.3. The molecule has 0 saturated heterocycles. The van der Waals surface area contributed by atoms with E-state index in [0.717, 1.165) is 41.8 Å². The van der Waals surface area contributed by atoms with Crippen molar-refractivity contribution < 1.29 is 9.18 Å². The predicted octanol–water partition coefficient (Wildman–Crippen LogP) is 5.10. The van der Waals surface area contributed by atoms with E-state index >= 15 is 0 Å². The number of hydrazone groups is 1. The fourth-order valence-electron chi connectivity index (χ4n) is 4.15. The number of hydrogen-bond donors (Lipinski definition) is 1. The molecule has 6 nitrogen and oxygen atoms in total. The van der Waals surface area contributed by atoms with Crippen molar-refractivity contribution in [1.29, 1.82) is 0 Å². The summed E-state index contributed by atoms with van der Waals surface area (Å²) < 4.78 is 14.7. The number of benzene rings is 2. The summed E-state index contributed by atoms with van der Waals surface area (Å²) in [5.74, 6) is -0.616. The summed E-state index contributed by atoms with van der Waals surface area (Å²) in [5.41, 5.74) is 5.58. The highest BCUT2D eigenvalue weighted by Crippen LogP contribution is 2.35. The third kappa shape index (κ3) is 4.92. The smallest absolute Gasteiger partial charge is 0.267 e. The number of halogens is 1. The van der Waals surface area contributed by atoms with Crippen LogP contribution in [0.15, 0.2) is 69.6 Å². The number of fused-ring (bicyclic) bond motifs is 3. The lowest BCUT2D eigenvalue weighted by atomic mass is 9.97. The Hall–Kier alpha value is -3.30. The second-order valence-electron chi connectivity index (χ2n) is 8.29. The molecule has 0 saturated carbocycles. The number of thiophene rings is 1. The number of aromatic nitrogens is 2. The number of carbonyl (C=O) groups excluding carboxylic acids is 1. The van der Waals surface area contributed by atoms with Crippen LogP contribution in [0.5, 0.6) is 0 Å². The molecule has 0 spiro atoms. The van der Waals surface area contributed by atoms with Crippen LogP contribution in [0.25, 0.3) is 15.9 Å². The molecule has 5 rings (SSSR count). The maximum Gasteiger partial charge on any atom is 0.267 e. The molecule has 0 radical (unpaired) electrons. The van der Waals surface area contributed by atoms with Gasteiger partial charge in [-0.1, -0.05) is 42.1 Å². The summed E-state index contributed by atoms with van der Waals surface area (Å²) >= 11 is 2.79. The number of para-hydroxylation sites is 1. The molecule has 1 amide bonds. The van der Waals surface area contributed by atoms with Crippen molar-refractivity contribution in [1.82, 2.24) is 15.0 Å². The number of rotatable bonds is 6. The molecule has 2 heterocycles. The van der Waals surface area contributed by atoms with Gasteiger partial charge in [-0.2, -0.15) is 5.10 Å². The Morgan fingerprint density at radius 3 is 2.66 bits per heavy atom. The van der Waals surface area contributed by atoms with Crippen molar-refractivity contribution in [3.63, 3.8) is 0 Å². The van der Waals surface area contributed by atoms with Crippen LogP contribution in [-0.2, 0) is 17.6 Å². The molecule has 1 N–H and O–H groups in total. The maximum atomic E-state index is 13.7. The zero-order valence-electron chi connectivity index (χ0n) is 19.1. The van der Waals surface area contributed by atoms with Crippen LogP contribution >= 0.6 is 23.1 Å². The number of nitrogens with one attached hydrogen (secondary N) is 1. The van der Waals surface area contributed by atoms with Gasteiger partial charge in [0.25, 0.3) is 11.5 Å². The van der Waals surface area contributed by atoms with Gasteiger partial charge in [0.15, 0.2) is 5.16 Å². The van der Waals surface area contributed by atoms with Crippen LogP contribution in [-0.4, -0.2) is 26.9 Å². The third-order valence-corrected chi connectivity index (χ3v) is 8.04. The quantitative estimate of drug-likeness (QED) is 0.171. The van der Waals surface area contributed by atoms with Gasteiger partial charge in [0.2, 0.25) is 0 Å². The van der Waals surface area contributed by atoms with E-state index in [-0.39, 0.29) is 23.0 Å². The van der Waals surface area contributed by atoms with Crippen LogP contribution < -0.4 is 11.0 Å². The van der Waals surface area contributed by atoms with Gasteiger partial charge in [-0.25, -0.2) is 14.8 Å². The van der Waals surface area contributed by atoms with E-state index in [1.807, 2.05) is 30.3 Å². The number of thioether (sulfide) groups is 1. The maximum absolute atomic E-state index is 13.7. The van der Waals surface area contributed by atoms with E-state index in [1.54, 1.807) is 35.0 Å². The molecule has 2 aromatic carbocycles. The zero-order valence-corrected chi connectivity index (χ0v) is 20.7. The number of nitrogens with zero attached hydrogens (tertiary/aromatic N) is 3. The predicted molar refractivity (Wildman–Crippen MR) is 139 cm³/mol. The normalized spacial score (nSPS) is 13.6. The first-order valence-corrected chi connectivity index (χ1v) is 13.2. The molecule has 0 atom stereocenters. The lowest BCUT2D eigenvalue weighted by molar-refractivity contribution is -0.118. The van der Waals surface area contributed by atoms with E-state index in [2.05, 4.69) is 10.5 Å². The average molecular weight is 507 g/mol. The Kier molecular flexibility index (Phi) is 6.79. The fourth-order valence-corrected chi connectivity index (χ4v) is 6.26.